The molecule has 0 spiro atoms. The van der Waals surface area contributed by atoms with Gasteiger partial charge in [0, 0.05) is 6.61 Å². The van der Waals surface area contributed by atoms with Crippen LogP contribution in [0.25, 0.3) is 0 Å². The zero-order chi connectivity index (χ0) is 13.9. The highest BCUT2D eigenvalue weighted by molar-refractivity contribution is 5.18. The van der Waals surface area contributed by atoms with Gasteiger partial charge in [-0.2, -0.15) is 0 Å². The highest BCUT2D eigenvalue weighted by Crippen LogP contribution is 2.17. The largest absolute Gasteiger partial charge is 0.379 e. The van der Waals surface area contributed by atoms with E-state index in [4.69, 9.17) is 4.74 Å². The molecule has 2 heteroatoms. The number of hydrogen-bond donors (Lipinski definition) is 1. The molecule has 19 heavy (non-hydrogen) atoms. The van der Waals surface area contributed by atoms with Crippen LogP contribution >= 0.6 is 0 Å². The molecule has 1 aromatic carbocycles. The molecular formula is C17H29NO. The summed E-state index contributed by atoms with van der Waals surface area (Å²) in [5, 5.41) is 3.52. The van der Waals surface area contributed by atoms with Crippen molar-refractivity contribution in [1.82, 2.24) is 5.32 Å². The molecule has 0 heterocycles. The molecule has 0 fully saturated rings. The monoisotopic (exact) mass is 263 g/mol. The lowest BCUT2D eigenvalue weighted by Gasteiger charge is -2.12. The molecule has 2 nitrogen and oxygen atoms in total. The van der Waals surface area contributed by atoms with E-state index in [9.17, 15) is 0 Å². The van der Waals surface area contributed by atoms with Crippen LogP contribution in [-0.2, 0) is 4.74 Å². The molecule has 1 unspecified atom stereocenters. The van der Waals surface area contributed by atoms with Gasteiger partial charge in [0.25, 0.3) is 0 Å². The van der Waals surface area contributed by atoms with Crippen LogP contribution in [0.2, 0.25) is 0 Å². The van der Waals surface area contributed by atoms with Crippen LogP contribution in [0.4, 0.5) is 0 Å². The molecule has 1 atom stereocenters. The van der Waals surface area contributed by atoms with Gasteiger partial charge in [-0.3, -0.25) is 0 Å². The fourth-order valence-corrected chi connectivity index (χ4v) is 2.06. The Kier molecular flexibility index (Phi) is 8.52. The Labute approximate surface area is 118 Å². The third-order valence-electron chi connectivity index (χ3n) is 3.32. The third-order valence-corrected chi connectivity index (χ3v) is 3.32. The van der Waals surface area contributed by atoms with Gasteiger partial charge in [0.15, 0.2) is 0 Å². The van der Waals surface area contributed by atoms with Crippen molar-refractivity contribution in [2.24, 2.45) is 0 Å². The molecule has 0 radical (unpaired) electrons. The summed E-state index contributed by atoms with van der Waals surface area (Å²) in [4.78, 5) is 0. The highest BCUT2D eigenvalue weighted by Gasteiger charge is 2.03. The lowest BCUT2D eigenvalue weighted by Crippen LogP contribution is -2.18. The Morgan fingerprint density at radius 1 is 1.00 bits per heavy atom. The van der Waals surface area contributed by atoms with Gasteiger partial charge in [0.05, 0.1) is 6.10 Å². The van der Waals surface area contributed by atoms with E-state index >= 15 is 0 Å². The van der Waals surface area contributed by atoms with Crippen LogP contribution in [0.5, 0.6) is 0 Å². The quantitative estimate of drug-likeness (QED) is 0.645. The fourth-order valence-electron chi connectivity index (χ4n) is 2.06. The smallest absolute Gasteiger partial charge is 0.0518 e. The van der Waals surface area contributed by atoms with Crippen LogP contribution in [0.1, 0.15) is 51.5 Å². The summed E-state index contributed by atoms with van der Waals surface area (Å²) in [6.07, 6.45) is 3.91. The summed E-state index contributed by atoms with van der Waals surface area (Å²) in [6, 6.07) is 10.7. The minimum Gasteiger partial charge on any atom is -0.379 e. The van der Waals surface area contributed by atoms with Crippen molar-refractivity contribution >= 4 is 0 Å². The maximum absolute atomic E-state index is 5.52. The van der Waals surface area contributed by atoms with E-state index in [1.807, 2.05) is 0 Å². The molecule has 0 aliphatic carbocycles. The average molecular weight is 263 g/mol. The van der Waals surface area contributed by atoms with Gasteiger partial charge < -0.3 is 10.1 Å². The second-order valence-corrected chi connectivity index (χ2v) is 5.48. The van der Waals surface area contributed by atoms with Gasteiger partial charge in [-0.25, -0.2) is 0 Å². The Morgan fingerprint density at radius 3 is 2.42 bits per heavy atom. The zero-order valence-corrected chi connectivity index (χ0v) is 12.7. The molecule has 0 aliphatic heterocycles. The van der Waals surface area contributed by atoms with E-state index in [2.05, 4.69) is 56.4 Å². The molecule has 0 bridgehead atoms. The third kappa shape index (κ3) is 8.02. The van der Waals surface area contributed by atoms with E-state index in [0.29, 0.717) is 12.0 Å². The van der Waals surface area contributed by atoms with Crippen LogP contribution in [0, 0.1) is 0 Å². The SMILES string of the molecule is CC(C)OCCCCNCCC(C)c1ccccc1. The van der Waals surface area contributed by atoms with Crippen LogP contribution in [-0.4, -0.2) is 25.8 Å². The van der Waals surface area contributed by atoms with Crippen molar-refractivity contribution in [1.29, 1.82) is 0 Å². The van der Waals surface area contributed by atoms with E-state index in [1.54, 1.807) is 0 Å². The minimum absolute atomic E-state index is 0.361. The molecule has 0 saturated heterocycles. The maximum atomic E-state index is 5.52. The first-order valence-corrected chi connectivity index (χ1v) is 7.57. The molecular weight excluding hydrogens is 234 g/mol. The molecule has 1 aromatic rings. The number of benzene rings is 1. The summed E-state index contributed by atoms with van der Waals surface area (Å²) in [6.45, 7) is 9.56. The molecule has 1 N–H and O–H groups in total. The Bertz CT molecular complexity index is 310. The van der Waals surface area contributed by atoms with Crippen molar-refractivity contribution in [3.05, 3.63) is 35.9 Å². The van der Waals surface area contributed by atoms with Gasteiger partial charge in [-0.15, -0.1) is 0 Å². The van der Waals surface area contributed by atoms with Gasteiger partial charge >= 0.3 is 0 Å². The number of rotatable bonds is 10. The first kappa shape index (κ1) is 16.2. The first-order valence-electron chi connectivity index (χ1n) is 7.57. The topological polar surface area (TPSA) is 21.3 Å². The van der Waals surface area contributed by atoms with Gasteiger partial charge in [0.2, 0.25) is 0 Å². The molecule has 108 valence electrons. The van der Waals surface area contributed by atoms with Crippen molar-refractivity contribution in [2.45, 2.75) is 52.1 Å². The van der Waals surface area contributed by atoms with Crippen LogP contribution in [0.3, 0.4) is 0 Å². The molecule has 0 aliphatic rings. The lowest BCUT2D eigenvalue weighted by molar-refractivity contribution is 0.0760. The van der Waals surface area contributed by atoms with Crippen molar-refractivity contribution in [3.63, 3.8) is 0 Å². The van der Waals surface area contributed by atoms with E-state index < -0.39 is 0 Å². The predicted octanol–water partition coefficient (Wildman–Crippen LogP) is 3.98. The summed E-state index contributed by atoms with van der Waals surface area (Å²) in [7, 11) is 0. The molecule has 0 amide bonds. The van der Waals surface area contributed by atoms with Crippen LogP contribution in [0.15, 0.2) is 30.3 Å². The summed E-state index contributed by atoms with van der Waals surface area (Å²) < 4.78 is 5.52. The predicted molar refractivity (Wildman–Crippen MR) is 82.7 cm³/mol. The Balaban J connectivity index is 1.96. The molecule has 1 rings (SSSR count). The van der Waals surface area contributed by atoms with E-state index in [1.165, 1.54) is 18.4 Å². The minimum atomic E-state index is 0.361. The Morgan fingerprint density at radius 2 is 1.74 bits per heavy atom. The second-order valence-electron chi connectivity index (χ2n) is 5.48. The standard InChI is InChI=1S/C17H29NO/c1-15(2)19-14-8-7-12-18-13-11-16(3)17-9-5-4-6-10-17/h4-6,9-10,15-16,18H,7-8,11-14H2,1-3H3. The van der Waals surface area contributed by atoms with Gasteiger partial charge in [0.1, 0.15) is 0 Å². The highest BCUT2D eigenvalue weighted by atomic mass is 16.5. The van der Waals surface area contributed by atoms with E-state index in [0.717, 1.165) is 26.1 Å². The molecule has 0 aromatic heterocycles. The normalized spacial score (nSPS) is 12.8. The maximum Gasteiger partial charge on any atom is 0.0518 e. The number of ether oxygens (including phenoxy) is 1. The lowest BCUT2D eigenvalue weighted by atomic mass is 9.98. The number of nitrogens with one attached hydrogen (secondary N) is 1. The van der Waals surface area contributed by atoms with Crippen molar-refractivity contribution in [3.8, 4) is 0 Å². The van der Waals surface area contributed by atoms with Crippen LogP contribution < -0.4 is 5.32 Å². The fraction of sp³-hybridized carbons (Fsp3) is 0.647. The Hall–Kier alpha value is -0.860. The zero-order valence-electron chi connectivity index (χ0n) is 12.7. The summed E-state index contributed by atoms with van der Waals surface area (Å²) in [5.41, 5.74) is 1.44. The average Bonchev–Trinajstić information content (AvgIpc) is 2.42. The number of hydrogen-bond acceptors (Lipinski definition) is 2. The van der Waals surface area contributed by atoms with Crippen molar-refractivity contribution in [2.75, 3.05) is 19.7 Å². The number of unbranched alkanes of at least 4 members (excludes halogenated alkanes) is 1. The van der Waals surface area contributed by atoms with Gasteiger partial charge in [-0.1, -0.05) is 37.3 Å². The summed E-state index contributed by atoms with van der Waals surface area (Å²) in [5.74, 6) is 0.637. The van der Waals surface area contributed by atoms with E-state index in [-0.39, 0.29) is 0 Å². The summed E-state index contributed by atoms with van der Waals surface area (Å²) >= 11 is 0. The first-order chi connectivity index (χ1) is 9.20. The van der Waals surface area contributed by atoms with Gasteiger partial charge in [-0.05, 0) is 57.7 Å². The molecule has 0 saturated carbocycles. The second kappa shape index (κ2) is 9.99. The van der Waals surface area contributed by atoms with Crippen molar-refractivity contribution < 1.29 is 4.74 Å².